The van der Waals surface area contributed by atoms with Crippen molar-refractivity contribution < 1.29 is 17.6 Å². The molecule has 1 aromatic heterocycles. The van der Waals surface area contributed by atoms with E-state index in [9.17, 15) is 17.6 Å². The van der Waals surface area contributed by atoms with Gasteiger partial charge in [-0.25, -0.2) is 4.39 Å². The summed E-state index contributed by atoms with van der Waals surface area (Å²) in [6.45, 7) is 1.61. The molecule has 2 rings (SSSR count). The van der Waals surface area contributed by atoms with Crippen LogP contribution in [-0.2, 0) is 6.18 Å². The Morgan fingerprint density at radius 2 is 1.90 bits per heavy atom. The maximum absolute atomic E-state index is 13.0. The lowest BCUT2D eigenvalue weighted by Gasteiger charge is -2.20. The van der Waals surface area contributed by atoms with Crippen LogP contribution in [0.15, 0.2) is 36.5 Å². The predicted molar refractivity (Wildman–Crippen MR) is 72.7 cm³/mol. The Morgan fingerprint density at radius 3 is 2.48 bits per heavy atom. The zero-order valence-electron chi connectivity index (χ0n) is 10.9. The topological polar surface area (TPSA) is 24.9 Å². The van der Waals surface area contributed by atoms with Gasteiger partial charge >= 0.3 is 6.18 Å². The minimum Gasteiger partial charge on any atom is -0.375 e. The molecule has 7 heteroatoms. The van der Waals surface area contributed by atoms with Crippen LogP contribution in [0.25, 0.3) is 0 Å². The summed E-state index contributed by atoms with van der Waals surface area (Å²) in [7, 11) is 0. The molecular weight excluding hydrogens is 308 g/mol. The molecule has 0 amide bonds. The first kappa shape index (κ1) is 15.6. The molecule has 0 bridgehead atoms. The second-order valence-electron chi connectivity index (χ2n) is 4.43. The molecule has 0 saturated heterocycles. The molecule has 1 atom stereocenters. The Kier molecular flexibility index (Phi) is 4.37. The highest BCUT2D eigenvalue weighted by Gasteiger charge is 2.34. The van der Waals surface area contributed by atoms with Crippen molar-refractivity contribution >= 4 is 17.3 Å². The molecule has 0 fully saturated rings. The second kappa shape index (κ2) is 5.89. The molecule has 112 valence electrons. The van der Waals surface area contributed by atoms with E-state index in [2.05, 4.69) is 10.3 Å². The van der Waals surface area contributed by atoms with E-state index in [1.54, 1.807) is 6.92 Å². The first-order chi connectivity index (χ1) is 9.79. The highest BCUT2D eigenvalue weighted by atomic mass is 35.5. The third-order valence-corrected chi connectivity index (χ3v) is 3.19. The van der Waals surface area contributed by atoms with Crippen LogP contribution in [-0.4, -0.2) is 4.98 Å². The minimum atomic E-state index is -4.52. The van der Waals surface area contributed by atoms with E-state index >= 15 is 0 Å². The fraction of sp³-hybridized carbons (Fsp3) is 0.214. The monoisotopic (exact) mass is 318 g/mol. The largest absolute Gasteiger partial charge is 0.418 e. The molecule has 1 N–H and O–H groups in total. The van der Waals surface area contributed by atoms with Crippen LogP contribution in [0.4, 0.5) is 23.2 Å². The second-order valence-corrected chi connectivity index (χ2v) is 4.83. The molecule has 1 unspecified atom stereocenters. The zero-order valence-corrected chi connectivity index (χ0v) is 11.6. The number of benzene rings is 1. The number of rotatable bonds is 3. The molecule has 0 spiro atoms. The van der Waals surface area contributed by atoms with Crippen LogP contribution in [0.2, 0.25) is 5.02 Å². The number of nitrogens with one attached hydrogen (secondary N) is 1. The molecule has 0 aliphatic rings. The summed E-state index contributed by atoms with van der Waals surface area (Å²) in [5.74, 6) is -0.514. The fourth-order valence-corrected chi connectivity index (χ4v) is 2.07. The number of anilines is 1. The smallest absolute Gasteiger partial charge is 0.375 e. The number of para-hydroxylation sites is 1. The van der Waals surface area contributed by atoms with Gasteiger partial charge in [0.25, 0.3) is 0 Å². The molecule has 2 aromatic rings. The average Bonchev–Trinajstić information content (AvgIpc) is 2.40. The number of halogens is 5. The Balaban J connectivity index is 2.33. The van der Waals surface area contributed by atoms with Crippen LogP contribution in [0.1, 0.15) is 24.2 Å². The molecule has 1 aromatic carbocycles. The maximum Gasteiger partial charge on any atom is 0.418 e. The van der Waals surface area contributed by atoms with E-state index in [0.29, 0.717) is 5.69 Å². The van der Waals surface area contributed by atoms with Gasteiger partial charge in [-0.2, -0.15) is 13.2 Å². The predicted octanol–water partition coefficient (Wildman–Crippen LogP) is 5.07. The summed E-state index contributed by atoms with van der Waals surface area (Å²) in [5, 5.41) is 2.64. The molecule has 0 aliphatic carbocycles. The standard InChI is InChI=1S/C14H11ClF4N2/c1-8(12-6-5-9(16)7-20-12)21-13-10(14(17,18)19)3-2-4-11(13)15/h2-8,21H,1H3. The molecule has 2 nitrogen and oxygen atoms in total. The lowest BCUT2D eigenvalue weighted by atomic mass is 10.1. The zero-order chi connectivity index (χ0) is 15.6. The first-order valence-corrected chi connectivity index (χ1v) is 6.40. The van der Waals surface area contributed by atoms with E-state index in [1.165, 1.54) is 24.3 Å². The highest BCUT2D eigenvalue weighted by Crippen LogP contribution is 2.39. The molecular formula is C14H11ClF4N2. The van der Waals surface area contributed by atoms with Gasteiger partial charge in [0.15, 0.2) is 0 Å². The van der Waals surface area contributed by atoms with E-state index in [0.717, 1.165) is 12.3 Å². The number of alkyl halides is 3. The molecule has 21 heavy (non-hydrogen) atoms. The van der Waals surface area contributed by atoms with Crippen molar-refractivity contribution in [1.29, 1.82) is 0 Å². The Hall–Kier alpha value is -1.82. The third-order valence-electron chi connectivity index (χ3n) is 2.87. The van der Waals surface area contributed by atoms with Crippen LogP contribution >= 0.6 is 11.6 Å². The van der Waals surface area contributed by atoms with Gasteiger partial charge in [-0.3, -0.25) is 4.98 Å². The fourth-order valence-electron chi connectivity index (χ4n) is 1.84. The number of pyridine rings is 1. The first-order valence-electron chi connectivity index (χ1n) is 6.02. The average molecular weight is 319 g/mol. The minimum absolute atomic E-state index is 0.0428. The van der Waals surface area contributed by atoms with Crippen molar-refractivity contribution in [3.05, 3.63) is 58.6 Å². The number of aromatic nitrogens is 1. The van der Waals surface area contributed by atoms with E-state index in [-0.39, 0.29) is 10.7 Å². The Morgan fingerprint density at radius 1 is 1.19 bits per heavy atom. The van der Waals surface area contributed by atoms with Crippen LogP contribution in [0.5, 0.6) is 0 Å². The van der Waals surface area contributed by atoms with Gasteiger partial charge in [-0.15, -0.1) is 0 Å². The summed E-state index contributed by atoms with van der Waals surface area (Å²) >= 11 is 5.85. The van der Waals surface area contributed by atoms with E-state index < -0.39 is 23.6 Å². The maximum atomic E-state index is 13.0. The van der Waals surface area contributed by atoms with Gasteiger partial charge < -0.3 is 5.32 Å². The van der Waals surface area contributed by atoms with E-state index in [1.807, 2.05) is 0 Å². The number of nitrogens with zero attached hydrogens (tertiary/aromatic N) is 1. The van der Waals surface area contributed by atoms with Crippen molar-refractivity contribution in [1.82, 2.24) is 4.98 Å². The van der Waals surface area contributed by atoms with Gasteiger partial charge in [0.1, 0.15) is 5.82 Å². The van der Waals surface area contributed by atoms with Crippen molar-refractivity contribution in [3.8, 4) is 0 Å². The third kappa shape index (κ3) is 3.64. The molecule has 0 aliphatic heterocycles. The number of hydrogen-bond donors (Lipinski definition) is 1. The van der Waals surface area contributed by atoms with Crippen molar-refractivity contribution in [2.45, 2.75) is 19.1 Å². The lowest BCUT2D eigenvalue weighted by molar-refractivity contribution is -0.137. The Bertz CT molecular complexity index is 626. The summed E-state index contributed by atoms with van der Waals surface area (Å²) in [5.41, 5.74) is -0.668. The molecule has 0 saturated carbocycles. The lowest BCUT2D eigenvalue weighted by Crippen LogP contribution is -2.14. The molecule has 0 radical (unpaired) electrons. The Labute approximate surface area is 123 Å². The van der Waals surface area contributed by atoms with Crippen molar-refractivity contribution in [2.75, 3.05) is 5.32 Å². The van der Waals surface area contributed by atoms with Crippen LogP contribution in [0, 0.1) is 5.82 Å². The summed E-state index contributed by atoms with van der Waals surface area (Å²) in [6.07, 6.45) is -3.52. The normalized spacial score (nSPS) is 13.0. The van der Waals surface area contributed by atoms with Gasteiger partial charge in [0.05, 0.1) is 34.2 Å². The van der Waals surface area contributed by atoms with Gasteiger partial charge in [-0.1, -0.05) is 17.7 Å². The summed E-state index contributed by atoms with van der Waals surface area (Å²) in [4.78, 5) is 3.83. The van der Waals surface area contributed by atoms with Crippen molar-refractivity contribution in [2.24, 2.45) is 0 Å². The molecule has 1 heterocycles. The van der Waals surface area contributed by atoms with Gasteiger partial charge in [0.2, 0.25) is 0 Å². The summed E-state index contributed by atoms with van der Waals surface area (Å²) in [6, 6.07) is 5.57. The SMILES string of the molecule is CC(Nc1c(Cl)cccc1C(F)(F)F)c1ccc(F)cn1. The van der Waals surface area contributed by atoms with Gasteiger partial charge in [-0.05, 0) is 31.2 Å². The van der Waals surface area contributed by atoms with Crippen LogP contribution < -0.4 is 5.32 Å². The van der Waals surface area contributed by atoms with Crippen molar-refractivity contribution in [3.63, 3.8) is 0 Å². The van der Waals surface area contributed by atoms with E-state index in [4.69, 9.17) is 11.6 Å². The van der Waals surface area contributed by atoms with Crippen LogP contribution in [0.3, 0.4) is 0 Å². The summed E-state index contributed by atoms with van der Waals surface area (Å²) < 4.78 is 51.7. The number of hydrogen-bond acceptors (Lipinski definition) is 2. The quantitative estimate of drug-likeness (QED) is 0.800. The highest BCUT2D eigenvalue weighted by molar-refractivity contribution is 6.33. The van der Waals surface area contributed by atoms with Gasteiger partial charge in [0, 0.05) is 0 Å².